The summed E-state index contributed by atoms with van der Waals surface area (Å²) in [5, 5.41) is 9.53. The van der Waals surface area contributed by atoms with E-state index >= 15 is 0 Å². The van der Waals surface area contributed by atoms with Crippen LogP contribution in [-0.2, 0) is 0 Å². The molecule has 0 aliphatic rings. The fraction of sp³-hybridized carbons (Fsp3) is 0. The molecule has 1 N–H and O–H groups in total. The zero-order chi connectivity index (χ0) is 9.97. The first-order chi connectivity index (χ1) is 6.77. The molecule has 0 spiro atoms. The summed E-state index contributed by atoms with van der Waals surface area (Å²) in [6.07, 6.45) is 0. The highest BCUT2D eigenvalue weighted by atomic mass is 19.1. The Morgan fingerprint density at radius 2 is 1.71 bits per heavy atom. The average Bonchev–Trinajstić information content (AvgIpc) is 2.18. The van der Waals surface area contributed by atoms with Crippen LogP contribution in [0.1, 0.15) is 0 Å². The summed E-state index contributed by atoms with van der Waals surface area (Å²) in [6.45, 7) is 0. The molecule has 2 aromatic rings. The third-order valence-corrected chi connectivity index (χ3v) is 2.04. The van der Waals surface area contributed by atoms with E-state index in [-0.39, 0.29) is 11.6 Å². The van der Waals surface area contributed by atoms with Crippen LogP contribution in [0.3, 0.4) is 0 Å². The van der Waals surface area contributed by atoms with Gasteiger partial charge in [0.25, 0.3) is 0 Å². The Labute approximate surface area is 81.4 Å². The topological polar surface area (TPSA) is 20.2 Å². The van der Waals surface area contributed by atoms with Gasteiger partial charge < -0.3 is 5.11 Å². The van der Waals surface area contributed by atoms with E-state index in [9.17, 15) is 9.50 Å². The second kappa shape index (κ2) is 3.50. The van der Waals surface area contributed by atoms with Gasteiger partial charge in [-0.25, -0.2) is 4.39 Å². The molecule has 0 bridgehead atoms. The van der Waals surface area contributed by atoms with Gasteiger partial charge in [0.2, 0.25) is 0 Å². The molecule has 0 aliphatic heterocycles. The number of para-hydroxylation sites is 1. The van der Waals surface area contributed by atoms with Gasteiger partial charge in [0, 0.05) is 5.56 Å². The lowest BCUT2D eigenvalue weighted by Crippen LogP contribution is -1.80. The molecule has 0 saturated carbocycles. The SMILES string of the molecule is Oc1ccccc1-c1cccc(F)c1. The maximum absolute atomic E-state index is 12.9. The third-order valence-electron chi connectivity index (χ3n) is 2.04. The van der Waals surface area contributed by atoms with Gasteiger partial charge >= 0.3 is 0 Å². The van der Waals surface area contributed by atoms with E-state index < -0.39 is 0 Å². The van der Waals surface area contributed by atoms with Gasteiger partial charge in [-0.3, -0.25) is 0 Å². The first-order valence-corrected chi connectivity index (χ1v) is 4.31. The Morgan fingerprint density at radius 3 is 2.43 bits per heavy atom. The molecule has 70 valence electrons. The van der Waals surface area contributed by atoms with Crippen LogP contribution in [0.5, 0.6) is 5.75 Å². The van der Waals surface area contributed by atoms with Crippen LogP contribution >= 0.6 is 0 Å². The second-order valence-corrected chi connectivity index (χ2v) is 3.03. The normalized spacial score (nSPS) is 10.1. The first-order valence-electron chi connectivity index (χ1n) is 4.31. The molecule has 0 unspecified atom stereocenters. The predicted octanol–water partition coefficient (Wildman–Crippen LogP) is 3.20. The maximum Gasteiger partial charge on any atom is 0.123 e. The molecule has 0 fully saturated rings. The minimum absolute atomic E-state index is 0.165. The Kier molecular flexibility index (Phi) is 2.19. The Balaban J connectivity index is 2.55. The third kappa shape index (κ3) is 1.59. The molecule has 0 aromatic heterocycles. The van der Waals surface area contributed by atoms with Gasteiger partial charge in [0.05, 0.1) is 0 Å². The summed E-state index contributed by atoms with van der Waals surface area (Å²) >= 11 is 0. The van der Waals surface area contributed by atoms with E-state index in [0.29, 0.717) is 11.1 Å². The summed E-state index contributed by atoms with van der Waals surface area (Å²) < 4.78 is 12.9. The van der Waals surface area contributed by atoms with Gasteiger partial charge in [0.15, 0.2) is 0 Å². The minimum Gasteiger partial charge on any atom is -0.507 e. The van der Waals surface area contributed by atoms with E-state index in [0.717, 1.165) is 0 Å². The molecule has 0 heterocycles. The molecule has 0 radical (unpaired) electrons. The highest BCUT2D eigenvalue weighted by Crippen LogP contribution is 2.28. The molecule has 0 atom stereocenters. The van der Waals surface area contributed by atoms with E-state index in [2.05, 4.69) is 0 Å². The lowest BCUT2D eigenvalue weighted by atomic mass is 10.0. The number of hydrogen-bond acceptors (Lipinski definition) is 1. The average molecular weight is 188 g/mol. The lowest BCUT2D eigenvalue weighted by molar-refractivity contribution is 0.477. The fourth-order valence-corrected chi connectivity index (χ4v) is 1.37. The van der Waals surface area contributed by atoms with Crippen molar-refractivity contribution < 1.29 is 9.50 Å². The van der Waals surface area contributed by atoms with E-state index in [1.54, 1.807) is 36.4 Å². The summed E-state index contributed by atoms with van der Waals surface area (Å²) in [5.74, 6) is -0.135. The van der Waals surface area contributed by atoms with Crippen molar-refractivity contribution in [2.75, 3.05) is 0 Å². The lowest BCUT2D eigenvalue weighted by Gasteiger charge is -2.03. The van der Waals surface area contributed by atoms with E-state index in [4.69, 9.17) is 0 Å². The van der Waals surface area contributed by atoms with Crippen molar-refractivity contribution in [3.63, 3.8) is 0 Å². The molecular formula is C12H9FO. The van der Waals surface area contributed by atoms with Crippen LogP contribution in [0, 0.1) is 5.82 Å². The molecule has 0 saturated heterocycles. The molecular weight excluding hydrogens is 179 g/mol. The molecule has 1 nitrogen and oxygen atoms in total. The van der Waals surface area contributed by atoms with Crippen LogP contribution in [0.2, 0.25) is 0 Å². The second-order valence-electron chi connectivity index (χ2n) is 3.03. The van der Waals surface area contributed by atoms with Gasteiger partial charge in [-0.1, -0.05) is 30.3 Å². The fourth-order valence-electron chi connectivity index (χ4n) is 1.37. The van der Waals surface area contributed by atoms with Gasteiger partial charge in [-0.2, -0.15) is 0 Å². The Hall–Kier alpha value is -1.83. The number of aromatic hydroxyl groups is 1. The summed E-state index contributed by atoms with van der Waals surface area (Å²) in [7, 11) is 0. The van der Waals surface area contributed by atoms with Crippen LogP contribution in [-0.4, -0.2) is 5.11 Å². The highest BCUT2D eigenvalue weighted by Gasteiger charge is 2.02. The Morgan fingerprint density at radius 1 is 0.929 bits per heavy atom. The molecule has 2 aromatic carbocycles. The molecule has 2 rings (SSSR count). The van der Waals surface area contributed by atoms with Crippen molar-refractivity contribution in [3.05, 3.63) is 54.3 Å². The molecule has 0 aliphatic carbocycles. The van der Waals surface area contributed by atoms with Gasteiger partial charge in [0.1, 0.15) is 11.6 Å². The number of rotatable bonds is 1. The predicted molar refractivity (Wildman–Crippen MR) is 53.5 cm³/mol. The van der Waals surface area contributed by atoms with Gasteiger partial charge in [-0.15, -0.1) is 0 Å². The summed E-state index contributed by atoms with van der Waals surface area (Å²) in [6, 6.07) is 13.0. The number of benzene rings is 2. The maximum atomic E-state index is 12.9. The van der Waals surface area contributed by atoms with Crippen molar-refractivity contribution in [2.45, 2.75) is 0 Å². The molecule has 2 heteroatoms. The van der Waals surface area contributed by atoms with E-state index in [1.807, 2.05) is 0 Å². The zero-order valence-electron chi connectivity index (χ0n) is 7.44. The van der Waals surface area contributed by atoms with Crippen LogP contribution in [0.4, 0.5) is 4.39 Å². The van der Waals surface area contributed by atoms with E-state index in [1.165, 1.54) is 12.1 Å². The largest absolute Gasteiger partial charge is 0.507 e. The first kappa shape index (κ1) is 8.75. The van der Waals surface area contributed by atoms with Crippen molar-refractivity contribution in [3.8, 4) is 16.9 Å². The smallest absolute Gasteiger partial charge is 0.123 e. The van der Waals surface area contributed by atoms with Crippen LogP contribution in [0.15, 0.2) is 48.5 Å². The standard InChI is InChI=1S/C12H9FO/c13-10-5-3-4-9(8-10)11-6-1-2-7-12(11)14/h1-8,14H. The minimum atomic E-state index is -0.300. The Bertz CT molecular complexity index is 452. The monoisotopic (exact) mass is 188 g/mol. The van der Waals surface area contributed by atoms with Crippen LogP contribution < -0.4 is 0 Å². The van der Waals surface area contributed by atoms with Crippen molar-refractivity contribution in [1.29, 1.82) is 0 Å². The number of halogens is 1. The number of phenolic OH excluding ortho intramolecular Hbond substituents is 1. The van der Waals surface area contributed by atoms with Crippen molar-refractivity contribution in [2.24, 2.45) is 0 Å². The number of hydrogen-bond donors (Lipinski definition) is 1. The highest BCUT2D eigenvalue weighted by molar-refractivity contribution is 5.69. The molecule has 0 amide bonds. The summed E-state index contributed by atoms with van der Waals surface area (Å²) in [4.78, 5) is 0. The van der Waals surface area contributed by atoms with Crippen LogP contribution in [0.25, 0.3) is 11.1 Å². The van der Waals surface area contributed by atoms with Gasteiger partial charge in [-0.05, 0) is 23.8 Å². The summed E-state index contributed by atoms with van der Waals surface area (Å²) in [5.41, 5.74) is 1.33. The molecule has 14 heavy (non-hydrogen) atoms. The number of phenols is 1. The quantitative estimate of drug-likeness (QED) is 0.728. The zero-order valence-corrected chi connectivity index (χ0v) is 7.44. The van der Waals surface area contributed by atoms with Crippen molar-refractivity contribution >= 4 is 0 Å². The van der Waals surface area contributed by atoms with Crippen molar-refractivity contribution in [1.82, 2.24) is 0 Å².